The Labute approximate surface area is 89.5 Å². The first kappa shape index (κ1) is 11.6. The number of nitrogens with two attached hydrogens (primary N) is 1. The Kier molecular flexibility index (Phi) is 3.98. The number of rotatable bonds is 4. The van der Waals surface area contributed by atoms with Crippen LogP contribution in [0, 0.1) is 6.92 Å². The highest BCUT2D eigenvalue weighted by atomic mass is 32.2. The molecule has 2 nitrogen and oxygen atoms in total. The molecule has 0 saturated heterocycles. The van der Waals surface area contributed by atoms with Crippen molar-refractivity contribution in [3.8, 4) is 0 Å². The van der Waals surface area contributed by atoms with Crippen LogP contribution in [0.3, 0.4) is 0 Å². The van der Waals surface area contributed by atoms with Crippen molar-refractivity contribution in [1.29, 1.82) is 0 Å². The van der Waals surface area contributed by atoms with Crippen LogP contribution >= 0.6 is 11.8 Å². The first-order valence-electron chi connectivity index (χ1n) is 4.65. The molecule has 0 fully saturated rings. The lowest BCUT2D eigenvalue weighted by molar-refractivity contribution is 0.0949. The van der Waals surface area contributed by atoms with Crippen molar-refractivity contribution in [2.45, 2.75) is 24.3 Å². The monoisotopic (exact) mass is 211 g/mol. The largest absolute Gasteiger partial charge is 0.388 e. The van der Waals surface area contributed by atoms with Crippen LogP contribution < -0.4 is 5.73 Å². The van der Waals surface area contributed by atoms with Gasteiger partial charge in [0.15, 0.2) is 0 Å². The highest BCUT2D eigenvalue weighted by molar-refractivity contribution is 7.99. The SMILES string of the molecule is Cc1cccc(SCC(C)(O)CN)c1. The van der Waals surface area contributed by atoms with Crippen LogP contribution in [0.15, 0.2) is 29.2 Å². The molecule has 0 aliphatic rings. The molecular weight excluding hydrogens is 194 g/mol. The lowest BCUT2D eigenvalue weighted by atomic mass is 10.1. The normalized spacial score (nSPS) is 15.1. The molecule has 0 saturated carbocycles. The molecule has 0 spiro atoms. The second-order valence-corrected chi connectivity index (χ2v) is 4.86. The summed E-state index contributed by atoms with van der Waals surface area (Å²) in [6, 6.07) is 8.24. The molecule has 0 radical (unpaired) electrons. The molecular formula is C11H17NOS. The molecule has 1 atom stereocenters. The molecule has 14 heavy (non-hydrogen) atoms. The highest BCUT2D eigenvalue weighted by Gasteiger charge is 2.17. The van der Waals surface area contributed by atoms with Crippen LogP contribution in [-0.4, -0.2) is 23.0 Å². The van der Waals surface area contributed by atoms with E-state index in [1.54, 1.807) is 18.7 Å². The van der Waals surface area contributed by atoms with Gasteiger partial charge in [0.2, 0.25) is 0 Å². The van der Waals surface area contributed by atoms with Gasteiger partial charge in [0.1, 0.15) is 0 Å². The van der Waals surface area contributed by atoms with Gasteiger partial charge in [-0.2, -0.15) is 0 Å². The third-order valence-electron chi connectivity index (χ3n) is 1.98. The Morgan fingerprint density at radius 3 is 2.79 bits per heavy atom. The van der Waals surface area contributed by atoms with E-state index in [9.17, 15) is 5.11 Å². The van der Waals surface area contributed by atoms with E-state index in [1.165, 1.54) is 10.5 Å². The minimum absolute atomic E-state index is 0.297. The fourth-order valence-electron chi connectivity index (χ4n) is 1.00. The Morgan fingerprint density at radius 2 is 2.21 bits per heavy atom. The number of aliphatic hydroxyl groups is 1. The smallest absolute Gasteiger partial charge is 0.0834 e. The summed E-state index contributed by atoms with van der Waals surface area (Å²) in [4.78, 5) is 1.18. The van der Waals surface area contributed by atoms with Gasteiger partial charge >= 0.3 is 0 Å². The fourth-order valence-corrected chi connectivity index (χ4v) is 2.04. The maximum absolute atomic E-state index is 9.71. The first-order chi connectivity index (χ1) is 6.53. The maximum atomic E-state index is 9.71. The molecule has 0 aliphatic carbocycles. The molecule has 1 rings (SSSR count). The van der Waals surface area contributed by atoms with Crippen LogP contribution in [0.1, 0.15) is 12.5 Å². The zero-order valence-corrected chi connectivity index (χ0v) is 9.47. The van der Waals surface area contributed by atoms with E-state index in [0.717, 1.165) is 0 Å². The van der Waals surface area contributed by atoms with Crippen molar-refractivity contribution in [2.75, 3.05) is 12.3 Å². The van der Waals surface area contributed by atoms with Crippen LogP contribution in [0.2, 0.25) is 0 Å². The minimum atomic E-state index is -0.769. The second-order valence-electron chi connectivity index (χ2n) is 3.81. The van der Waals surface area contributed by atoms with Crippen molar-refractivity contribution in [3.63, 3.8) is 0 Å². The maximum Gasteiger partial charge on any atom is 0.0834 e. The van der Waals surface area contributed by atoms with Crippen molar-refractivity contribution in [3.05, 3.63) is 29.8 Å². The van der Waals surface area contributed by atoms with E-state index in [2.05, 4.69) is 19.1 Å². The molecule has 3 heteroatoms. The Morgan fingerprint density at radius 1 is 1.50 bits per heavy atom. The van der Waals surface area contributed by atoms with Crippen LogP contribution in [-0.2, 0) is 0 Å². The van der Waals surface area contributed by atoms with Crippen molar-refractivity contribution in [2.24, 2.45) is 5.73 Å². The molecule has 0 amide bonds. The summed E-state index contributed by atoms with van der Waals surface area (Å²) in [5.74, 6) is 0.632. The Hall–Kier alpha value is -0.510. The highest BCUT2D eigenvalue weighted by Crippen LogP contribution is 2.22. The quantitative estimate of drug-likeness (QED) is 0.746. The summed E-state index contributed by atoms with van der Waals surface area (Å²) >= 11 is 1.64. The molecule has 78 valence electrons. The van der Waals surface area contributed by atoms with Gasteiger partial charge < -0.3 is 10.8 Å². The number of benzene rings is 1. The van der Waals surface area contributed by atoms with Gasteiger partial charge in [-0.1, -0.05) is 17.7 Å². The molecule has 1 aromatic carbocycles. The molecule has 0 aromatic heterocycles. The summed E-state index contributed by atoms with van der Waals surface area (Å²) in [6.45, 7) is 4.12. The Balaban J connectivity index is 2.54. The van der Waals surface area contributed by atoms with Gasteiger partial charge in [-0.25, -0.2) is 0 Å². The second kappa shape index (κ2) is 4.82. The summed E-state index contributed by atoms with van der Waals surface area (Å²) in [6.07, 6.45) is 0. The summed E-state index contributed by atoms with van der Waals surface area (Å²) in [5, 5.41) is 9.71. The number of aryl methyl sites for hydroxylation is 1. The van der Waals surface area contributed by atoms with Gasteiger partial charge in [-0.3, -0.25) is 0 Å². The van der Waals surface area contributed by atoms with Gasteiger partial charge in [0.25, 0.3) is 0 Å². The van der Waals surface area contributed by atoms with E-state index in [4.69, 9.17) is 5.73 Å². The zero-order chi connectivity index (χ0) is 10.6. The molecule has 0 aliphatic heterocycles. The number of hydrogen-bond donors (Lipinski definition) is 2. The Bertz CT molecular complexity index is 299. The van der Waals surface area contributed by atoms with E-state index < -0.39 is 5.60 Å². The lowest BCUT2D eigenvalue weighted by Gasteiger charge is -2.20. The van der Waals surface area contributed by atoms with Crippen LogP contribution in [0.4, 0.5) is 0 Å². The van der Waals surface area contributed by atoms with Gasteiger partial charge in [-0.15, -0.1) is 11.8 Å². The van der Waals surface area contributed by atoms with Gasteiger partial charge in [-0.05, 0) is 26.0 Å². The van der Waals surface area contributed by atoms with E-state index in [1.807, 2.05) is 12.1 Å². The van der Waals surface area contributed by atoms with E-state index in [-0.39, 0.29) is 0 Å². The van der Waals surface area contributed by atoms with Crippen molar-refractivity contribution in [1.82, 2.24) is 0 Å². The third-order valence-corrected chi connectivity index (χ3v) is 3.33. The standard InChI is InChI=1S/C11H17NOS/c1-9-4-3-5-10(6-9)14-8-11(2,13)7-12/h3-6,13H,7-8,12H2,1-2H3. The zero-order valence-electron chi connectivity index (χ0n) is 8.66. The van der Waals surface area contributed by atoms with Gasteiger partial charge in [0, 0.05) is 17.2 Å². The predicted molar refractivity (Wildman–Crippen MR) is 61.6 cm³/mol. The summed E-state index contributed by atoms with van der Waals surface area (Å²) < 4.78 is 0. The van der Waals surface area contributed by atoms with Gasteiger partial charge in [0.05, 0.1) is 5.60 Å². The molecule has 1 unspecified atom stereocenters. The summed E-state index contributed by atoms with van der Waals surface area (Å²) in [7, 11) is 0. The predicted octanol–water partition coefficient (Wildman–Crippen LogP) is 1.80. The van der Waals surface area contributed by atoms with Crippen LogP contribution in [0.5, 0.6) is 0 Å². The average molecular weight is 211 g/mol. The molecule has 3 N–H and O–H groups in total. The average Bonchev–Trinajstić information content (AvgIpc) is 2.15. The molecule has 0 heterocycles. The molecule has 1 aromatic rings. The van der Waals surface area contributed by atoms with E-state index >= 15 is 0 Å². The lowest BCUT2D eigenvalue weighted by Crippen LogP contribution is -2.36. The van der Waals surface area contributed by atoms with Crippen LogP contribution in [0.25, 0.3) is 0 Å². The summed E-state index contributed by atoms with van der Waals surface area (Å²) in [5.41, 5.74) is 5.91. The third kappa shape index (κ3) is 3.70. The topological polar surface area (TPSA) is 46.2 Å². The molecule has 0 bridgehead atoms. The van der Waals surface area contributed by atoms with Crippen molar-refractivity contribution >= 4 is 11.8 Å². The minimum Gasteiger partial charge on any atom is -0.388 e. The number of hydrogen-bond acceptors (Lipinski definition) is 3. The van der Waals surface area contributed by atoms with Crippen molar-refractivity contribution < 1.29 is 5.11 Å². The number of thioether (sulfide) groups is 1. The van der Waals surface area contributed by atoms with E-state index in [0.29, 0.717) is 12.3 Å². The first-order valence-corrected chi connectivity index (χ1v) is 5.64. The fraction of sp³-hybridized carbons (Fsp3) is 0.455.